The average Bonchev–Trinajstić information content (AvgIpc) is 2.47. The maximum absolute atomic E-state index is 4.52. The lowest BCUT2D eigenvalue weighted by atomic mass is 10.1. The predicted molar refractivity (Wildman–Crippen MR) is 56.6 cm³/mol. The van der Waals surface area contributed by atoms with Gasteiger partial charge in [0.1, 0.15) is 0 Å². The van der Waals surface area contributed by atoms with Gasteiger partial charge in [-0.15, -0.1) is 0 Å². The number of hydrogen-bond donors (Lipinski definition) is 0. The highest BCUT2D eigenvalue weighted by Gasteiger charge is 2.10. The fourth-order valence-electron chi connectivity index (χ4n) is 1.69. The van der Waals surface area contributed by atoms with Gasteiger partial charge in [0, 0.05) is 17.0 Å². The summed E-state index contributed by atoms with van der Waals surface area (Å²) in [5, 5.41) is 4.33. The Morgan fingerprint density at radius 3 is 2.64 bits per heavy atom. The van der Waals surface area contributed by atoms with Gasteiger partial charge in [-0.1, -0.05) is 13.8 Å². The van der Waals surface area contributed by atoms with E-state index in [-0.39, 0.29) is 0 Å². The van der Waals surface area contributed by atoms with Crippen molar-refractivity contribution in [3.63, 3.8) is 0 Å². The van der Waals surface area contributed by atoms with Crippen molar-refractivity contribution in [2.75, 3.05) is 0 Å². The van der Waals surface area contributed by atoms with Crippen molar-refractivity contribution in [3.05, 3.63) is 29.2 Å². The zero-order chi connectivity index (χ0) is 10.3. The maximum atomic E-state index is 4.52. The highest BCUT2D eigenvalue weighted by atomic mass is 15.3. The van der Waals surface area contributed by atoms with Crippen LogP contribution in [0.4, 0.5) is 0 Å². The Bertz CT molecular complexity index is 469. The molecule has 0 spiro atoms. The van der Waals surface area contributed by atoms with E-state index in [2.05, 4.69) is 30.9 Å². The van der Waals surface area contributed by atoms with E-state index in [1.807, 2.05) is 23.7 Å². The predicted octanol–water partition coefficient (Wildman–Crippen LogP) is 2.47. The molecule has 0 bridgehead atoms. The molecule has 3 heteroatoms. The summed E-state index contributed by atoms with van der Waals surface area (Å²) in [4.78, 5) is 4.52. The molecule has 2 rings (SSSR count). The summed E-state index contributed by atoms with van der Waals surface area (Å²) >= 11 is 0. The van der Waals surface area contributed by atoms with Crippen molar-refractivity contribution in [3.8, 4) is 0 Å². The Morgan fingerprint density at radius 2 is 2.00 bits per heavy atom. The van der Waals surface area contributed by atoms with Crippen LogP contribution in [-0.2, 0) is 0 Å². The molecule has 0 aromatic carbocycles. The van der Waals surface area contributed by atoms with Gasteiger partial charge in [-0.05, 0) is 25.8 Å². The SMILES string of the molecule is Cc1cc(C)n2ncc(C(C)C)c2n1. The summed E-state index contributed by atoms with van der Waals surface area (Å²) in [6, 6.07) is 2.05. The second-order valence-electron chi connectivity index (χ2n) is 4.03. The van der Waals surface area contributed by atoms with Gasteiger partial charge in [0.05, 0.1) is 6.20 Å². The molecule has 0 fully saturated rings. The van der Waals surface area contributed by atoms with E-state index in [0.29, 0.717) is 5.92 Å². The summed E-state index contributed by atoms with van der Waals surface area (Å²) in [6.45, 7) is 8.40. The standard InChI is InChI=1S/C11H15N3/c1-7(2)10-6-12-14-9(4)5-8(3)13-11(10)14/h5-7H,1-4H3. The van der Waals surface area contributed by atoms with E-state index in [1.54, 1.807) is 0 Å². The van der Waals surface area contributed by atoms with Gasteiger partial charge in [0.15, 0.2) is 5.65 Å². The quantitative estimate of drug-likeness (QED) is 0.689. The van der Waals surface area contributed by atoms with Gasteiger partial charge in [0.25, 0.3) is 0 Å². The van der Waals surface area contributed by atoms with Gasteiger partial charge in [-0.3, -0.25) is 0 Å². The first-order chi connectivity index (χ1) is 6.59. The first kappa shape index (κ1) is 9.19. The molecule has 0 aliphatic heterocycles. The zero-order valence-corrected chi connectivity index (χ0v) is 9.07. The smallest absolute Gasteiger partial charge is 0.158 e. The molecule has 0 radical (unpaired) electrons. The lowest BCUT2D eigenvalue weighted by molar-refractivity contribution is 0.866. The van der Waals surface area contributed by atoms with Crippen LogP contribution < -0.4 is 0 Å². The molecule has 0 N–H and O–H groups in total. The van der Waals surface area contributed by atoms with Crippen molar-refractivity contribution in [1.29, 1.82) is 0 Å². The third-order valence-electron chi connectivity index (χ3n) is 2.43. The highest BCUT2D eigenvalue weighted by Crippen LogP contribution is 2.19. The van der Waals surface area contributed by atoms with Crippen molar-refractivity contribution in [2.45, 2.75) is 33.6 Å². The van der Waals surface area contributed by atoms with Crippen LogP contribution in [0.1, 0.15) is 36.7 Å². The minimum atomic E-state index is 0.473. The molecular weight excluding hydrogens is 174 g/mol. The fraction of sp³-hybridized carbons (Fsp3) is 0.455. The number of aromatic nitrogens is 3. The Balaban J connectivity index is 2.78. The van der Waals surface area contributed by atoms with Crippen molar-refractivity contribution in [2.24, 2.45) is 0 Å². The van der Waals surface area contributed by atoms with E-state index < -0.39 is 0 Å². The van der Waals surface area contributed by atoms with Crippen LogP contribution in [0.15, 0.2) is 12.3 Å². The van der Waals surface area contributed by atoms with Crippen LogP contribution in [0.3, 0.4) is 0 Å². The molecular formula is C11H15N3. The Kier molecular flexibility index (Phi) is 2.02. The third kappa shape index (κ3) is 1.29. The van der Waals surface area contributed by atoms with E-state index in [0.717, 1.165) is 17.0 Å². The number of nitrogens with zero attached hydrogens (tertiary/aromatic N) is 3. The molecule has 0 unspecified atom stereocenters. The maximum Gasteiger partial charge on any atom is 0.158 e. The molecule has 2 aromatic heterocycles. The number of fused-ring (bicyclic) bond motifs is 1. The summed E-state index contributed by atoms with van der Waals surface area (Å²) in [5.74, 6) is 0.473. The number of rotatable bonds is 1. The monoisotopic (exact) mass is 189 g/mol. The lowest BCUT2D eigenvalue weighted by Crippen LogP contribution is -1.98. The van der Waals surface area contributed by atoms with Gasteiger partial charge in [0.2, 0.25) is 0 Å². The first-order valence-corrected chi connectivity index (χ1v) is 4.91. The van der Waals surface area contributed by atoms with E-state index in [4.69, 9.17) is 0 Å². The minimum Gasteiger partial charge on any atom is -0.234 e. The normalized spacial score (nSPS) is 11.5. The Hall–Kier alpha value is -1.38. The topological polar surface area (TPSA) is 30.2 Å². The van der Waals surface area contributed by atoms with Gasteiger partial charge < -0.3 is 0 Å². The molecule has 0 atom stereocenters. The summed E-state index contributed by atoms with van der Waals surface area (Å²) < 4.78 is 1.91. The third-order valence-corrected chi connectivity index (χ3v) is 2.43. The summed E-state index contributed by atoms with van der Waals surface area (Å²) in [6.07, 6.45) is 1.92. The molecule has 2 aromatic rings. The second kappa shape index (κ2) is 3.08. The van der Waals surface area contributed by atoms with Gasteiger partial charge >= 0.3 is 0 Å². The molecule has 3 nitrogen and oxygen atoms in total. The number of aryl methyl sites for hydroxylation is 2. The van der Waals surface area contributed by atoms with Crippen LogP contribution >= 0.6 is 0 Å². The van der Waals surface area contributed by atoms with Crippen LogP contribution in [0, 0.1) is 13.8 Å². The van der Waals surface area contributed by atoms with E-state index in [1.165, 1.54) is 5.56 Å². The largest absolute Gasteiger partial charge is 0.234 e. The zero-order valence-electron chi connectivity index (χ0n) is 9.07. The number of hydrogen-bond acceptors (Lipinski definition) is 2. The highest BCUT2D eigenvalue weighted by molar-refractivity contribution is 5.49. The molecule has 14 heavy (non-hydrogen) atoms. The van der Waals surface area contributed by atoms with Gasteiger partial charge in [-0.2, -0.15) is 5.10 Å². The summed E-state index contributed by atoms with van der Waals surface area (Å²) in [5.41, 5.74) is 4.41. The fourth-order valence-corrected chi connectivity index (χ4v) is 1.69. The molecule has 2 heterocycles. The summed E-state index contributed by atoms with van der Waals surface area (Å²) in [7, 11) is 0. The van der Waals surface area contributed by atoms with Crippen LogP contribution in [0.5, 0.6) is 0 Å². The molecule has 0 amide bonds. The average molecular weight is 189 g/mol. The Labute approximate surface area is 83.8 Å². The van der Waals surface area contributed by atoms with E-state index in [9.17, 15) is 0 Å². The first-order valence-electron chi connectivity index (χ1n) is 4.91. The molecule has 0 aliphatic carbocycles. The van der Waals surface area contributed by atoms with Crippen LogP contribution in [0.2, 0.25) is 0 Å². The van der Waals surface area contributed by atoms with Crippen LogP contribution in [0.25, 0.3) is 5.65 Å². The van der Waals surface area contributed by atoms with Crippen molar-refractivity contribution in [1.82, 2.24) is 14.6 Å². The minimum absolute atomic E-state index is 0.473. The van der Waals surface area contributed by atoms with Gasteiger partial charge in [-0.25, -0.2) is 9.50 Å². The van der Waals surface area contributed by atoms with Crippen molar-refractivity contribution >= 4 is 5.65 Å². The second-order valence-corrected chi connectivity index (χ2v) is 4.03. The lowest BCUT2D eigenvalue weighted by Gasteiger charge is -2.04. The molecule has 0 aliphatic rings. The molecule has 74 valence electrons. The van der Waals surface area contributed by atoms with Crippen LogP contribution in [-0.4, -0.2) is 14.6 Å². The van der Waals surface area contributed by atoms with E-state index >= 15 is 0 Å². The Morgan fingerprint density at radius 1 is 1.29 bits per heavy atom. The van der Waals surface area contributed by atoms with Crippen molar-refractivity contribution < 1.29 is 0 Å². The molecule has 0 saturated carbocycles. The molecule has 0 saturated heterocycles.